The molecule has 0 bridgehead atoms. The van der Waals surface area contributed by atoms with Crippen LogP contribution < -0.4 is 14.4 Å². The summed E-state index contributed by atoms with van der Waals surface area (Å²) in [7, 11) is 0. The third-order valence-corrected chi connectivity index (χ3v) is 6.20. The fourth-order valence-corrected chi connectivity index (χ4v) is 4.32. The number of anilines is 1. The lowest BCUT2D eigenvalue weighted by molar-refractivity contribution is -0.132. The Labute approximate surface area is 220 Å². The van der Waals surface area contributed by atoms with E-state index >= 15 is 0 Å². The van der Waals surface area contributed by atoms with E-state index in [1.165, 1.54) is 11.0 Å². The third kappa shape index (κ3) is 5.16. The van der Waals surface area contributed by atoms with E-state index in [1.54, 1.807) is 67.6 Å². The van der Waals surface area contributed by atoms with Crippen molar-refractivity contribution in [1.82, 2.24) is 0 Å². The zero-order valence-electron chi connectivity index (χ0n) is 20.4. The van der Waals surface area contributed by atoms with Gasteiger partial charge < -0.3 is 14.6 Å². The average molecular weight is 517 g/mol. The van der Waals surface area contributed by atoms with Gasteiger partial charge in [-0.05, 0) is 73.5 Å². The Kier molecular flexibility index (Phi) is 7.80. The molecule has 0 spiro atoms. The Hall–Kier alpha value is -4.28. The average Bonchev–Trinajstić information content (AvgIpc) is 3.18. The van der Waals surface area contributed by atoms with Gasteiger partial charge >= 0.3 is 0 Å². The van der Waals surface area contributed by atoms with Gasteiger partial charge in [0.1, 0.15) is 17.3 Å². The van der Waals surface area contributed by atoms with Crippen molar-refractivity contribution < 1.29 is 24.2 Å². The SMILES string of the molecule is CCCOc1ccc(C2/C(=C(/O)c3ccc(Cl)c(OCC)c3)C(=O)C(=O)N2c2ccc(C#N)cc2)cc1. The second-order valence-corrected chi connectivity index (χ2v) is 8.73. The maximum Gasteiger partial charge on any atom is 0.300 e. The maximum absolute atomic E-state index is 13.4. The molecule has 0 saturated carbocycles. The van der Waals surface area contributed by atoms with Crippen LogP contribution in [0.2, 0.25) is 5.02 Å². The maximum atomic E-state index is 13.4. The van der Waals surface area contributed by atoms with Gasteiger partial charge in [0.05, 0.1) is 41.5 Å². The molecule has 1 saturated heterocycles. The summed E-state index contributed by atoms with van der Waals surface area (Å²) in [6, 6.07) is 19.2. The molecule has 1 N–H and O–H groups in total. The summed E-state index contributed by atoms with van der Waals surface area (Å²) in [6.07, 6.45) is 0.853. The van der Waals surface area contributed by atoms with Crippen LogP contribution in [0.4, 0.5) is 5.69 Å². The first-order valence-electron chi connectivity index (χ1n) is 11.9. The van der Waals surface area contributed by atoms with Crippen LogP contribution in [0.15, 0.2) is 72.3 Å². The van der Waals surface area contributed by atoms with E-state index in [0.29, 0.717) is 52.1 Å². The summed E-state index contributed by atoms with van der Waals surface area (Å²) >= 11 is 6.21. The second kappa shape index (κ2) is 11.2. The molecule has 0 aromatic heterocycles. The number of carbonyl (C=O) groups excluding carboxylic acids is 2. The number of halogens is 1. The van der Waals surface area contributed by atoms with Gasteiger partial charge in [-0.25, -0.2) is 0 Å². The van der Waals surface area contributed by atoms with E-state index in [2.05, 4.69) is 0 Å². The highest BCUT2D eigenvalue weighted by Gasteiger charge is 2.47. The molecular weight excluding hydrogens is 492 g/mol. The molecule has 1 heterocycles. The number of rotatable bonds is 8. The van der Waals surface area contributed by atoms with Crippen LogP contribution in [-0.4, -0.2) is 30.0 Å². The summed E-state index contributed by atoms with van der Waals surface area (Å²) in [5.41, 5.74) is 1.66. The van der Waals surface area contributed by atoms with Crippen molar-refractivity contribution in [3.05, 3.63) is 94.0 Å². The number of amides is 1. The first kappa shape index (κ1) is 25.8. The van der Waals surface area contributed by atoms with E-state index in [-0.39, 0.29) is 11.3 Å². The van der Waals surface area contributed by atoms with Crippen LogP contribution >= 0.6 is 11.6 Å². The Balaban J connectivity index is 1.87. The minimum absolute atomic E-state index is 0.0682. The van der Waals surface area contributed by atoms with Gasteiger partial charge in [0.2, 0.25) is 0 Å². The number of aliphatic hydroxyl groups is 1. The lowest BCUT2D eigenvalue weighted by atomic mass is 9.95. The van der Waals surface area contributed by atoms with Crippen LogP contribution in [0.1, 0.15) is 43.0 Å². The van der Waals surface area contributed by atoms with Crippen LogP contribution in [0.3, 0.4) is 0 Å². The number of benzene rings is 3. The molecule has 3 aromatic rings. The minimum Gasteiger partial charge on any atom is -0.507 e. The number of carbonyl (C=O) groups is 2. The molecule has 4 rings (SSSR count). The number of aliphatic hydroxyl groups excluding tert-OH is 1. The molecular formula is C29H25ClN2O5. The number of nitriles is 1. The predicted octanol–water partition coefficient (Wildman–Crippen LogP) is 6.03. The summed E-state index contributed by atoms with van der Waals surface area (Å²) in [5.74, 6) is -0.959. The summed E-state index contributed by atoms with van der Waals surface area (Å²) in [4.78, 5) is 28.0. The van der Waals surface area contributed by atoms with Gasteiger partial charge in [-0.2, -0.15) is 5.26 Å². The molecule has 1 fully saturated rings. The van der Waals surface area contributed by atoms with E-state index < -0.39 is 17.7 Å². The molecule has 8 heteroatoms. The molecule has 37 heavy (non-hydrogen) atoms. The van der Waals surface area contributed by atoms with Gasteiger partial charge in [-0.3, -0.25) is 14.5 Å². The first-order valence-corrected chi connectivity index (χ1v) is 12.2. The Bertz CT molecular complexity index is 1390. The number of hydrogen-bond donors (Lipinski definition) is 1. The highest BCUT2D eigenvalue weighted by atomic mass is 35.5. The zero-order valence-corrected chi connectivity index (χ0v) is 21.2. The molecule has 3 aromatic carbocycles. The van der Waals surface area contributed by atoms with Gasteiger partial charge in [0.15, 0.2) is 0 Å². The molecule has 1 unspecified atom stereocenters. The number of nitrogens with zero attached hydrogens (tertiary/aromatic N) is 2. The number of ether oxygens (including phenoxy) is 2. The Morgan fingerprint density at radius 3 is 2.35 bits per heavy atom. The Morgan fingerprint density at radius 1 is 1.03 bits per heavy atom. The quantitative estimate of drug-likeness (QED) is 0.223. The normalized spacial score (nSPS) is 16.5. The van der Waals surface area contributed by atoms with Gasteiger partial charge in [-0.15, -0.1) is 0 Å². The first-order chi connectivity index (χ1) is 17.9. The van der Waals surface area contributed by atoms with Crippen molar-refractivity contribution in [3.63, 3.8) is 0 Å². The molecule has 0 radical (unpaired) electrons. The number of ketones is 1. The van der Waals surface area contributed by atoms with E-state index in [0.717, 1.165) is 6.42 Å². The zero-order chi connectivity index (χ0) is 26.5. The van der Waals surface area contributed by atoms with Crippen LogP contribution in [0, 0.1) is 11.3 Å². The second-order valence-electron chi connectivity index (χ2n) is 8.32. The molecule has 1 aliphatic heterocycles. The highest BCUT2D eigenvalue weighted by Crippen LogP contribution is 2.43. The van der Waals surface area contributed by atoms with E-state index in [4.69, 9.17) is 26.3 Å². The monoisotopic (exact) mass is 516 g/mol. The van der Waals surface area contributed by atoms with Gasteiger partial charge in [-0.1, -0.05) is 30.7 Å². The lowest BCUT2D eigenvalue weighted by Crippen LogP contribution is -2.29. The van der Waals surface area contributed by atoms with Crippen LogP contribution in [0.5, 0.6) is 11.5 Å². The van der Waals surface area contributed by atoms with Gasteiger partial charge in [0.25, 0.3) is 11.7 Å². The van der Waals surface area contributed by atoms with Crippen molar-refractivity contribution in [2.24, 2.45) is 0 Å². The fourth-order valence-electron chi connectivity index (χ4n) is 4.15. The number of Topliss-reactive ketones (excluding diaryl/α,β-unsaturated/α-hetero) is 1. The summed E-state index contributed by atoms with van der Waals surface area (Å²) in [6.45, 7) is 4.73. The fraction of sp³-hybridized carbons (Fsp3) is 0.207. The van der Waals surface area contributed by atoms with Crippen molar-refractivity contribution in [2.75, 3.05) is 18.1 Å². The summed E-state index contributed by atoms with van der Waals surface area (Å²) < 4.78 is 11.2. The van der Waals surface area contributed by atoms with Crippen molar-refractivity contribution in [2.45, 2.75) is 26.3 Å². The molecule has 188 valence electrons. The summed E-state index contributed by atoms with van der Waals surface area (Å²) in [5, 5.41) is 20.9. The smallest absolute Gasteiger partial charge is 0.300 e. The molecule has 0 aliphatic carbocycles. The third-order valence-electron chi connectivity index (χ3n) is 5.89. The lowest BCUT2D eigenvalue weighted by Gasteiger charge is -2.25. The molecule has 1 atom stereocenters. The van der Waals surface area contributed by atoms with Crippen molar-refractivity contribution >= 4 is 34.7 Å². The topological polar surface area (TPSA) is 99.9 Å². The van der Waals surface area contributed by atoms with Crippen molar-refractivity contribution in [3.8, 4) is 17.6 Å². The minimum atomic E-state index is -0.917. The largest absolute Gasteiger partial charge is 0.507 e. The molecule has 1 amide bonds. The predicted molar refractivity (Wildman–Crippen MR) is 141 cm³/mol. The molecule has 1 aliphatic rings. The van der Waals surface area contributed by atoms with Crippen LogP contribution in [0.25, 0.3) is 5.76 Å². The number of hydrogen-bond acceptors (Lipinski definition) is 6. The van der Waals surface area contributed by atoms with E-state index in [9.17, 15) is 14.7 Å². The Morgan fingerprint density at radius 2 is 1.73 bits per heavy atom. The van der Waals surface area contributed by atoms with Crippen LogP contribution in [-0.2, 0) is 9.59 Å². The standard InChI is InChI=1S/C29H25ClN2O5/c1-3-15-37-22-12-7-19(8-13-22)26-25(27(33)20-9-14-23(30)24(16-20)36-4-2)28(34)29(35)32(26)21-10-5-18(17-31)6-11-21/h5-14,16,26,33H,3-4,15H2,1-2H3/b27-25-. The van der Waals surface area contributed by atoms with Gasteiger partial charge in [0, 0.05) is 11.3 Å². The highest BCUT2D eigenvalue weighted by molar-refractivity contribution is 6.51. The molecule has 7 nitrogen and oxygen atoms in total. The van der Waals surface area contributed by atoms with E-state index in [1.807, 2.05) is 13.0 Å². The van der Waals surface area contributed by atoms with Crippen molar-refractivity contribution in [1.29, 1.82) is 5.26 Å².